The van der Waals surface area contributed by atoms with Crippen LogP contribution in [0.4, 0.5) is 10.1 Å². The molecule has 0 unspecified atom stereocenters. The Labute approximate surface area is 142 Å². The van der Waals surface area contributed by atoms with Gasteiger partial charge in [-0.05, 0) is 26.8 Å². The molecule has 0 saturated carbocycles. The first-order chi connectivity index (χ1) is 11.3. The largest absolute Gasteiger partial charge is 0.462 e. The van der Waals surface area contributed by atoms with E-state index >= 15 is 0 Å². The number of nitrogens with one attached hydrogen (secondary N) is 1. The van der Waals surface area contributed by atoms with E-state index < -0.39 is 23.3 Å². The van der Waals surface area contributed by atoms with Crippen molar-refractivity contribution in [3.05, 3.63) is 38.9 Å². The molecular weight excluding hydrogens is 339 g/mol. The number of carbonyl (C=O) groups is 2. The second kappa shape index (κ2) is 7.00. The third-order valence-corrected chi connectivity index (χ3v) is 3.74. The van der Waals surface area contributed by atoms with Crippen molar-refractivity contribution >= 4 is 40.6 Å². The van der Waals surface area contributed by atoms with Crippen LogP contribution in [0.15, 0.2) is 17.1 Å². The van der Waals surface area contributed by atoms with Crippen LogP contribution < -0.4 is 10.3 Å². The molecule has 1 aromatic carbocycles. The Bertz CT molecular complexity index is 863. The van der Waals surface area contributed by atoms with Gasteiger partial charge in [-0.25, -0.2) is 9.18 Å². The highest BCUT2D eigenvalue weighted by molar-refractivity contribution is 6.32. The van der Waals surface area contributed by atoms with Crippen LogP contribution in [-0.4, -0.2) is 30.0 Å². The second-order valence-electron chi connectivity index (χ2n) is 5.30. The van der Waals surface area contributed by atoms with E-state index in [2.05, 4.69) is 4.98 Å². The van der Waals surface area contributed by atoms with E-state index in [4.69, 9.17) is 16.3 Å². The van der Waals surface area contributed by atoms with Crippen LogP contribution in [-0.2, 0) is 9.53 Å². The number of benzene rings is 1. The molecule has 8 heteroatoms. The van der Waals surface area contributed by atoms with Crippen LogP contribution in [0.1, 0.15) is 31.1 Å². The quantitative estimate of drug-likeness (QED) is 0.661. The number of aromatic nitrogens is 1. The zero-order chi connectivity index (χ0) is 18.0. The minimum Gasteiger partial charge on any atom is -0.462 e. The molecule has 2 aromatic rings. The number of aromatic amines is 1. The van der Waals surface area contributed by atoms with E-state index in [0.29, 0.717) is 6.41 Å². The molecule has 6 nitrogen and oxygen atoms in total. The number of hydrogen-bond acceptors (Lipinski definition) is 4. The second-order valence-corrected chi connectivity index (χ2v) is 5.71. The van der Waals surface area contributed by atoms with Gasteiger partial charge in [-0.2, -0.15) is 0 Å². The van der Waals surface area contributed by atoms with Crippen molar-refractivity contribution < 1.29 is 18.7 Å². The number of rotatable bonds is 5. The van der Waals surface area contributed by atoms with Crippen LogP contribution in [0, 0.1) is 5.82 Å². The molecule has 0 saturated heterocycles. The monoisotopic (exact) mass is 354 g/mol. The lowest BCUT2D eigenvalue weighted by Gasteiger charge is -2.24. The summed E-state index contributed by atoms with van der Waals surface area (Å²) in [5.74, 6) is -1.74. The number of carbonyl (C=O) groups excluding carboxylic acids is 2. The fourth-order valence-electron chi connectivity index (χ4n) is 2.34. The molecule has 0 radical (unpaired) electrons. The molecular formula is C16H16ClFN2O4. The Kier molecular flexibility index (Phi) is 5.23. The SMILES string of the molecule is CCOC(=O)c1c[nH]c2cc(Cl)c(F)c(N(C=O)C(C)C)c2c1=O. The Morgan fingerprint density at radius 1 is 1.50 bits per heavy atom. The summed E-state index contributed by atoms with van der Waals surface area (Å²) in [5, 5.41) is -0.382. The van der Waals surface area contributed by atoms with Crippen LogP contribution in [0.2, 0.25) is 5.02 Å². The predicted octanol–water partition coefficient (Wildman–Crippen LogP) is 2.87. The molecule has 0 aliphatic heterocycles. The van der Waals surface area contributed by atoms with Crippen molar-refractivity contribution in [1.82, 2.24) is 4.98 Å². The van der Waals surface area contributed by atoms with E-state index in [9.17, 15) is 18.8 Å². The highest BCUT2D eigenvalue weighted by Crippen LogP contribution is 2.33. The smallest absolute Gasteiger partial charge is 0.343 e. The maximum absolute atomic E-state index is 14.6. The Hall–Kier alpha value is -2.41. The van der Waals surface area contributed by atoms with Crippen LogP contribution >= 0.6 is 11.6 Å². The molecule has 2 rings (SSSR count). The molecule has 128 valence electrons. The first-order valence-electron chi connectivity index (χ1n) is 7.27. The number of ether oxygens (including phenoxy) is 1. The number of esters is 1. The average Bonchev–Trinajstić information content (AvgIpc) is 2.52. The van der Waals surface area contributed by atoms with Crippen molar-refractivity contribution in [2.24, 2.45) is 0 Å². The predicted molar refractivity (Wildman–Crippen MR) is 89.2 cm³/mol. The topological polar surface area (TPSA) is 79.5 Å². The lowest BCUT2D eigenvalue weighted by molar-refractivity contribution is -0.107. The molecule has 1 N–H and O–H groups in total. The maximum Gasteiger partial charge on any atom is 0.343 e. The number of hydrogen-bond donors (Lipinski definition) is 1. The van der Waals surface area contributed by atoms with Gasteiger partial charge in [0.15, 0.2) is 5.82 Å². The first-order valence-corrected chi connectivity index (χ1v) is 7.65. The third-order valence-electron chi connectivity index (χ3n) is 3.46. The number of H-pyrrole nitrogens is 1. The highest BCUT2D eigenvalue weighted by Gasteiger charge is 2.25. The molecule has 0 spiro atoms. The van der Waals surface area contributed by atoms with Gasteiger partial charge >= 0.3 is 5.97 Å². The minimum atomic E-state index is -0.906. The van der Waals surface area contributed by atoms with Gasteiger partial charge in [-0.15, -0.1) is 0 Å². The summed E-state index contributed by atoms with van der Waals surface area (Å²) in [7, 11) is 0. The van der Waals surface area contributed by atoms with E-state index in [1.807, 2.05) is 0 Å². The maximum atomic E-state index is 14.6. The van der Waals surface area contributed by atoms with Crippen molar-refractivity contribution in [2.75, 3.05) is 11.5 Å². The summed E-state index contributed by atoms with van der Waals surface area (Å²) in [4.78, 5) is 39.8. The number of amides is 1. The summed E-state index contributed by atoms with van der Waals surface area (Å²) in [6, 6.07) is 0.805. The van der Waals surface area contributed by atoms with E-state index in [0.717, 1.165) is 4.90 Å². The molecule has 0 fully saturated rings. The molecule has 1 amide bonds. The fraction of sp³-hybridized carbons (Fsp3) is 0.312. The fourth-order valence-corrected chi connectivity index (χ4v) is 2.54. The van der Waals surface area contributed by atoms with Crippen LogP contribution in [0.3, 0.4) is 0 Å². The van der Waals surface area contributed by atoms with Crippen molar-refractivity contribution in [2.45, 2.75) is 26.8 Å². The van der Waals surface area contributed by atoms with Gasteiger partial charge in [0.05, 0.1) is 28.2 Å². The summed E-state index contributed by atoms with van der Waals surface area (Å²) in [6.07, 6.45) is 1.59. The third kappa shape index (κ3) is 2.99. The number of nitrogens with zero attached hydrogens (tertiary/aromatic N) is 1. The standard InChI is InChI=1S/C16H16ClFN2O4/c1-4-24-16(23)9-6-19-11-5-10(17)13(18)14(12(11)15(9)22)20(7-21)8(2)3/h5-8H,4H2,1-3H3,(H,19,22). The summed E-state index contributed by atoms with van der Waals surface area (Å²) < 4.78 is 19.4. The van der Waals surface area contributed by atoms with Gasteiger partial charge in [-0.1, -0.05) is 11.6 Å². The van der Waals surface area contributed by atoms with Gasteiger partial charge in [0.2, 0.25) is 11.8 Å². The van der Waals surface area contributed by atoms with Crippen molar-refractivity contribution in [1.29, 1.82) is 0 Å². The lowest BCUT2D eigenvalue weighted by atomic mass is 10.1. The minimum absolute atomic E-state index is 0.0879. The molecule has 1 heterocycles. The zero-order valence-electron chi connectivity index (χ0n) is 13.4. The Balaban J connectivity index is 2.90. The Morgan fingerprint density at radius 3 is 2.71 bits per heavy atom. The van der Waals surface area contributed by atoms with Crippen LogP contribution in [0.25, 0.3) is 10.9 Å². The van der Waals surface area contributed by atoms with Crippen molar-refractivity contribution in [3.8, 4) is 0 Å². The zero-order valence-corrected chi connectivity index (χ0v) is 14.1. The summed E-state index contributed by atoms with van der Waals surface area (Å²) >= 11 is 5.87. The molecule has 0 aliphatic rings. The van der Waals surface area contributed by atoms with Gasteiger partial charge < -0.3 is 14.6 Å². The van der Waals surface area contributed by atoms with E-state index in [1.165, 1.54) is 12.3 Å². The van der Waals surface area contributed by atoms with E-state index in [-0.39, 0.29) is 33.8 Å². The molecule has 0 bridgehead atoms. The molecule has 0 aliphatic carbocycles. The number of pyridine rings is 1. The van der Waals surface area contributed by atoms with Crippen LogP contribution in [0.5, 0.6) is 0 Å². The van der Waals surface area contributed by atoms with Gasteiger partial charge in [-0.3, -0.25) is 9.59 Å². The molecule has 1 aromatic heterocycles. The normalized spacial score (nSPS) is 10.9. The van der Waals surface area contributed by atoms with Gasteiger partial charge in [0, 0.05) is 12.2 Å². The van der Waals surface area contributed by atoms with E-state index in [1.54, 1.807) is 20.8 Å². The first kappa shape index (κ1) is 17.9. The summed E-state index contributed by atoms with van der Waals surface area (Å²) in [6.45, 7) is 5.00. The molecule has 0 atom stereocenters. The number of fused-ring (bicyclic) bond motifs is 1. The number of anilines is 1. The summed E-state index contributed by atoms with van der Waals surface area (Å²) in [5.41, 5.74) is -1.07. The molecule has 24 heavy (non-hydrogen) atoms. The van der Waals surface area contributed by atoms with Gasteiger partial charge in [0.1, 0.15) is 5.56 Å². The Morgan fingerprint density at radius 2 is 2.17 bits per heavy atom. The highest BCUT2D eigenvalue weighted by atomic mass is 35.5. The van der Waals surface area contributed by atoms with Gasteiger partial charge in [0.25, 0.3) is 0 Å². The number of halogens is 2. The average molecular weight is 355 g/mol. The lowest BCUT2D eigenvalue weighted by Crippen LogP contribution is -2.31. The van der Waals surface area contributed by atoms with Crippen molar-refractivity contribution in [3.63, 3.8) is 0 Å².